The van der Waals surface area contributed by atoms with E-state index in [1.807, 2.05) is 0 Å². The van der Waals surface area contributed by atoms with Crippen LogP contribution in [0.4, 0.5) is 0 Å². The number of alkyl halides is 1. The van der Waals surface area contributed by atoms with Crippen LogP contribution in [0.1, 0.15) is 38.5 Å². The van der Waals surface area contributed by atoms with Gasteiger partial charge in [-0.3, -0.25) is 4.79 Å². The highest BCUT2D eigenvalue weighted by Gasteiger charge is 2.17. The third kappa shape index (κ3) is 4.98. The number of hydrogen-bond acceptors (Lipinski definition) is 3. The summed E-state index contributed by atoms with van der Waals surface area (Å²) in [4.78, 5) is 10.9. The van der Waals surface area contributed by atoms with E-state index in [0.29, 0.717) is 12.6 Å². The highest BCUT2D eigenvalue weighted by Crippen LogP contribution is 2.17. The Bertz CT molecular complexity index is 191. The van der Waals surface area contributed by atoms with Crippen molar-refractivity contribution in [3.8, 4) is 0 Å². The Hall–Kier alpha value is -0.0900. The van der Waals surface area contributed by atoms with Gasteiger partial charge in [0.05, 0.1) is 7.11 Å². The smallest absolute Gasteiger partial charge is 0.320 e. The maximum atomic E-state index is 11.1. The number of rotatable bonds is 4. The SMILES string of the molecule is COC(=O)C(Br)CNC1CCCCCC1. The van der Waals surface area contributed by atoms with Crippen LogP contribution in [-0.2, 0) is 9.53 Å². The van der Waals surface area contributed by atoms with Gasteiger partial charge >= 0.3 is 5.97 Å². The van der Waals surface area contributed by atoms with Crippen molar-refractivity contribution in [2.24, 2.45) is 0 Å². The molecule has 0 bridgehead atoms. The molecule has 0 amide bonds. The normalized spacial score (nSPS) is 20.7. The van der Waals surface area contributed by atoms with Crippen LogP contribution in [0.2, 0.25) is 0 Å². The molecule has 1 N–H and O–H groups in total. The highest BCUT2D eigenvalue weighted by molar-refractivity contribution is 9.10. The van der Waals surface area contributed by atoms with Gasteiger partial charge in [0.2, 0.25) is 0 Å². The molecule has 1 fully saturated rings. The van der Waals surface area contributed by atoms with Crippen LogP contribution in [0.3, 0.4) is 0 Å². The molecule has 1 aliphatic carbocycles. The van der Waals surface area contributed by atoms with Crippen molar-refractivity contribution in [3.05, 3.63) is 0 Å². The van der Waals surface area contributed by atoms with Gasteiger partial charge in [0.25, 0.3) is 0 Å². The van der Waals surface area contributed by atoms with E-state index in [4.69, 9.17) is 0 Å². The Kier molecular flexibility index (Phi) is 6.25. The number of carbonyl (C=O) groups is 1. The first-order valence-electron chi connectivity index (χ1n) is 5.69. The van der Waals surface area contributed by atoms with Crippen LogP contribution in [0, 0.1) is 0 Å². The van der Waals surface area contributed by atoms with Gasteiger partial charge in [-0.05, 0) is 12.8 Å². The van der Waals surface area contributed by atoms with Gasteiger partial charge in [-0.15, -0.1) is 0 Å². The second kappa shape index (κ2) is 7.23. The summed E-state index contributed by atoms with van der Waals surface area (Å²) in [6, 6.07) is 0.581. The molecule has 0 aromatic rings. The number of carbonyl (C=O) groups excluding carboxylic acids is 1. The maximum Gasteiger partial charge on any atom is 0.320 e. The van der Waals surface area contributed by atoms with E-state index in [9.17, 15) is 4.79 Å². The van der Waals surface area contributed by atoms with Crippen LogP contribution >= 0.6 is 15.9 Å². The minimum absolute atomic E-state index is 0.198. The summed E-state index contributed by atoms with van der Waals surface area (Å²) in [6.45, 7) is 0.664. The van der Waals surface area contributed by atoms with Crippen molar-refractivity contribution in [1.82, 2.24) is 5.32 Å². The molecular weight excluding hydrogens is 258 g/mol. The molecule has 0 saturated heterocycles. The van der Waals surface area contributed by atoms with Crippen LogP contribution < -0.4 is 5.32 Å². The molecule has 0 radical (unpaired) electrons. The summed E-state index contributed by atoms with van der Waals surface area (Å²) < 4.78 is 4.65. The number of hydrogen-bond donors (Lipinski definition) is 1. The van der Waals surface area contributed by atoms with Crippen molar-refractivity contribution in [3.63, 3.8) is 0 Å². The second-order valence-electron chi connectivity index (χ2n) is 4.09. The summed E-state index contributed by atoms with van der Waals surface area (Å²) in [7, 11) is 1.42. The van der Waals surface area contributed by atoms with Gasteiger partial charge < -0.3 is 10.1 Å². The Morgan fingerprint density at radius 2 is 2.00 bits per heavy atom. The number of ether oxygens (including phenoxy) is 1. The van der Waals surface area contributed by atoms with E-state index in [1.165, 1.54) is 45.6 Å². The topological polar surface area (TPSA) is 38.3 Å². The fraction of sp³-hybridized carbons (Fsp3) is 0.909. The lowest BCUT2D eigenvalue weighted by molar-refractivity contribution is -0.139. The minimum atomic E-state index is -0.217. The van der Waals surface area contributed by atoms with Gasteiger partial charge in [0.1, 0.15) is 4.83 Å². The Balaban J connectivity index is 2.19. The van der Waals surface area contributed by atoms with Crippen molar-refractivity contribution in [1.29, 1.82) is 0 Å². The second-order valence-corrected chi connectivity index (χ2v) is 5.19. The van der Waals surface area contributed by atoms with Crippen LogP contribution in [0.25, 0.3) is 0 Å². The monoisotopic (exact) mass is 277 g/mol. The molecule has 1 aliphatic rings. The Labute approximate surface area is 100 Å². The number of methoxy groups -OCH3 is 1. The first-order chi connectivity index (χ1) is 7.24. The molecule has 3 nitrogen and oxygen atoms in total. The van der Waals surface area contributed by atoms with E-state index in [2.05, 4.69) is 26.0 Å². The van der Waals surface area contributed by atoms with Crippen LogP contribution in [0.15, 0.2) is 0 Å². The van der Waals surface area contributed by atoms with Crippen molar-refractivity contribution in [2.45, 2.75) is 49.4 Å². The fourth-order valence-electron chi connectivity index (χ4n) is 1.96. The average Bonchev–Trinajstić information content (AvgIpc) is 2.53. The summed E-state index contributed by atoms with van der Waals surface area (Å²) in [5.74, 6) is -0.198. The molecule has 0 spiro atoms. The van der Waals surface area contributed by atoms with Crippen molar-refractivity contribution < 1.29 is 9.53 Å². The molecule has 1 rings (SSSR count). The van der Waals surface area contributed by atoms with Gasteiger partial charge in [-0.25, -0.2) is 0 Å². The van der Waals surface area contributed by atoms with E-state index in [-0.39, 0.29) is 10.8 Å². The molecule has 1 atom stereocenters. The third-order valence-corrected chi connectivity index (χ3v) is 3.60. The zero-order chi connectivity index (χ0) is 11.1. The quantitative estimate of drug-likeness (QED) is 0.487. The molecule has 0 aromatic carbocycles. The Morgan fingerprint density at radius 3 is 2.53 bits per heavy atom. The molecule has 4 heteroatoms. The van der Waals surface area contributed by atoms with Gasteiger partial charge in [-0.2, -0.15) is 0 Å². The molecular formula is C11H20BrNO2. The largest absolute Gasteiger partial charge is 0.468 e. The summed E-state index contributed by atoms with van der Waals surface area (Å²) in [6.07, 6.45) is 7.80. The molecule has 1 saturated carbocycles. The summed E-state index contributed by atoms with van der Waals surface area (Å²) >= 11 is 3.31. The van der Waals surface area contributed by atoms with Gasteiger partial charge in [0, 0.05) is 12.6 Å². The van der Waals surface area contributed by atoms with E-state index >= 15 is 0 Å². The first kappa shape index (κ1) is 13.0. The van der Waals surface area contributed by atoms with Crippen molar-refractivity contribution in [2.75, 3.05) is 13.7 Å². The highest BCUT2D eigenvalue weighted by atomic mass is 79.9. The van der Waals surface area contributed by atoms with E-state index in [1.54, 1.807) is 0 Å². The molecule has 0 heterocycles. The van der Waals surface area contributed by atoms with Crippen LogP contribution in [-0.4, -0.2) is 30.5 Å². The number of esters is 1. The van der Waals surface area contributed by atoms with Crippen LogP contribution in [0.5, 0.6) is 0 Å². The lowest BCUT2D eigenvalue weighted by atomic mass is 10.1. The van der Waals surface area contributed by atoms with Gasteiger partial charge in [0.15, 0.2) is 0 Å². The average molecular weight is 278 g/mol. The predicted octanol–water partition coefficient (Wildman–Crippen LogP) is 2.24. The fourth-order valence-corrected chi connectivity index (χ4v) is 2.34. The molecule has 15 heavy (non-hydrogen) atoms. The molecule has 0 aliphatic heterocycles. The van der Waals surface area contributed by atoms with Crippen molar-refractivity contribution >= 4 is 21.9 Å². The summed E-state index contributed by atoms with van der Waals surface area (Å²) in [5.41, 5.74) is 0. The first-order valence-corrected chi connectivity index (χ1v) is 6.61. The molecule has 1 unspecified atom stereocenters. The molecule has 0 aromatic heterocycles. The summed E-state index contributed by atoms with van der Waals surface area (Å²) in [5, 5.41) is 3.43. The zero-order valence-electron chi connectivity index (χ0n) is 9.30. The lowest BCUT2D eigenvalue weighted by Crippen LogP contribution is -2.36. The van der Waals surface area contributed by atoms with Gasteiger partial charge in [-0.1, -0.05) is 41.6 Å². The van der Waals surface area contributed by atoms with E-state index < -0.39 is 0 Å². The Morgan fingerprint density at radius 1 is 1.40 bits per heavy atom. The number of halogens is 1. The number of nitrogens with one attached hydrogen (secondary N) is 1. The maximum absolute atomic E-state index is 11.1. The molecule has 88 valence electrons. The standard InChI is InChI=1S/C11H20BrNO2/c1-15-11(14)10(12)8-13-9-6-4-2-3-5-7-9/h9-10,13H,2-8H2,1H3. The minimum Gasteiger partial charge on any atom is -0.468 e. The lowest BCUT2D eigenvalue weighted by Gasteiger charge is -2.17. The van der Waals surface area contributed by atoms with E-state index in [0.717, 1.165) is 0 Å². The third-order valence-electron chi connectivity index (χ3n) is 2.90. The zero-order valence-corrected chi connectivity index (χ0v) is 10.9. The predicted molar refractivity (Wildman–Crippen MR) is 64.2 cm³/mol.